The molecule has 0 radical (unpaired) electrons. The normalized spacial score (nSPS) is 23.8. The summed E-state index contributed by atoms with van der Waals surface area (Å²) in [5.74, 6) is 0.371. The maximum Gasteiger partial charge on any atom is 0.328 e. The highest BCUT2D eigenvalue weighted by molar-refractivity contribution is 5.94. The fraction of sp³-hybridized carbons (Fsp3) is 0.667. The van der Waals surface area contributed by atoms with Crippen LogP contribution >= 0.6 is 0 Å². The topological polar surface area (TPSA) is 99.3 Å². The maximum absolute atomic E-state index is 12.2. The number of aromatic nitrogens is 1. The lowest BCUT2D eigenvalue weighted by atomic mass is 10.1. The van der Waals surface area contributed by atoms with Gasteiger partial charge in [-0.3, -0.25) is 0 Å². The molecular weight excluding hydrogens is 266 g/mol. The van der Waals surface area contributed by atoms with E-state index in [9.17, 15) is 15.0 Å². The highest BCUT2D eigenvalue weighted by Gasteiger charge is 2.45. The molecule has 2 heterocycles. The Morgan fingerprint density at radius 1 is 1.55 bits per heavy atom. The average molecular weight is 285 g/mol. The van der Waals surface area contributed by atoms with Crippen LogP contribution < -0.4 is 4.90 Å². The summed E-state index contributed by atoms with van der Waals surface area (Å²) in [5.41, 5.74) is -1.21. The van der Waals surface area contributed by atoms with Gasteiger partial charge in [0.1, 0.15) is 11.6 Å². The van der Waals surface area contributed by atoms with E-state index in [1.807, 2.05) is 0 Å². The molecule has 1 aliphatic heterocycles. The van der Waals surface area contributed by atoms with Crippen molar-refractivity contribution in [3.05, 3.63) is 11.8 Å². The van der Waals surface area contributed by atoms with Gasteiger partial charge in [-0.15, -0.1) is 0 Å². The molecule has 112 valence electrons. The lowest BCUT2D eigenvalue weighted by molar-refractivity contribution is 0.0475. The summed E-state index contributed by atoms with van der Waals surface area (Å²) in [6, 6.07) is 0.536. The first-order chi connectivity index (χ1) is 9.27. The molecule has 1 fully saturated rings. The van der Waals surface area contributed by atoms with E-state index in [2.05, 4.69) is 5.16 Å². The summed E-state index contributed by atoms with van der Waals surface area (Å²) in [6.07, 6.45) is -1.09. The number of likely N-dealkylation sites (N-methyl/N-ethyl adjacent to an activating group) is 1. The smallest absolute Gasteiger partial charge is 0.328 e. The Morgan fingerprint density at radius 3 is 2.70 bits per heavy atom. The molecule has 1 aromatic heterocycles. The number of nitrogens with zero attached hydrogens (tertiary/aromatic N) is 3. The van der Waals surface area contributed by atoms with Crippen molar-refractivity contribution in [1.82, 2.24) is 10.1 Å². The summed E-state index contributed by atoms with van der Waals surface area (Å²) < 4.78 is 10.0. The van der Waals surface area contributed by atoms with E-state index >= 15 is 0 Å². The van der Waals surface area contributed by atoms with Crippen LogP contribution in [0.15, 0.2) is 10.6 Å². The van der Waals surface area contributed by atoms with Crippen LogP contribution in [0.4, 0.5) is 10.6 Å². The van der Waals surface area contributed by atoms with Crippen molar-refractivity contribution in [3.8, 4) is 0 Å². The molecule has 2 atom stereocenters. The maximum atomic E-state index is 12.2. The number of rotatable bonds is 4. The van der Waals surface area contributed by atoms with Crippen LogP contribution in [0.5, 0.6) is 0 Å². The second-order valence-electron chi connectivity index (χ2n) is 5.31. The van der Waals surface area contributed by atoms with E-state index in [0.29, 0.717) is 0 Å². The van der Waals surface area contributed by atoms with Crippen molar-refractivity contribution in [3.63, 3.8) is 0 Å². The first kappa shape index (κ1) is 14.8. The zero-order chi connectivity index (χ0) is 15.1. The van der Waals surface area contributed by atoms with Crippen molar-refractivity contribution < 1.29 is 24.3 Å². The number of carbonyl (C=O) groups is 1. The average Bonchev–Trinajstić information content (AvgIpc) is 2.90. The fourth-order valence-corrected chi connectivity index (χ4v) is 2.07. The van der Waals surface area contributed by atoms with E-state index < -0.39 is 23.9 Å². The molecule has 2 rings (SSSR count). The number of anilines is 1. The predicted molar refractivity (Wildman–Crippen MR) is 69.1 cm³/mol. The molecular formula is C12H19N3O5. The lowest BCUT2D eigenvalue weighted by Crippen LogP contribution is -2.39. The van der Waals surface area contributed by atoms with Crippen LogP contribution in [0.1, 0.15) is 19.6 Å². The van der Waals surface area contributed by atoms with Crippen LogP contribution in [-0.2, 0) is 10.3 Å². The van der Waals surface area contributed by atoms with E-state index in [0.717, 1.165) is 4.90 Å². The van der Waals surface area contributed by atoms with Crippen molar-refractivity contribution in [1.29, 1.82) is 0 Å². The van der Waals surface area contributed by atoms with Crippen LogP contribution in [0.3, 0.4) is 0 Å². The monoisotopic (exact) mass is 285 g/mol. The molecule has 20 heavy (non-hydrogen) atoms. The molecule has 1 aromatic rings. The number of aliphatic hydroxyl groups is 2. The zero-order valence-corrected chi connectivity index (χ0v) is 11.9. The molecule has 0 aliphatic carbocycles. The zero-order valence-electron chi connectivity index (χ0n) is 11.9. The first-order valence-corrected chi connectivity index (χ1v) is 6.20. The van der Waals surface area contributed by atoms with E-state index in [4.69, 9.17) is 9.26 Å². The Bertz CT molecular complexity index is 496. The predicted octanol–water partition coefficient (Wildman–Crippen LogP) is 0.107. The molecule has 1 aliphatic rings. The van der Waals surface area contributed by atoms with Crippen molar-refractivity contribution in [2.75, 3.05) is 25.7 Å². The molecule has 0 bridgehead atoms. The van der Waals surface area contributed by atoms with Gasteiger partial charge in [0.2, 0.25) is 0 Å². The van der Waals surface area contributed by atoms with Crippen molar-refractivity contribution in [2.45, 2.75) is 31.7 Å². The fourth-order valence-electron chi connectivity index (χ4n) is 2.07. The number of urea groups is 1. The van der Waals surface area contributed by atoms with Gasteiger partial charge in [0.15, 0.2) is 17.8 Å². The van der Waals surface area contributed by atoms with Crippen LogP contribution in [0.2, 0.25) is 0 Å². The second-order valence-corrected chi connectivity index (χ2v) is 5.31. The third-order valence-electron chi connectivity index (χ3n) is 3.30. The van der Waals surface area contributed by atoms with Gasteiger partial charge in [0, 0.05) is 20.2 Å². The largest absolute Gasteiger partial charge is 0.382 e. The number of methoxy groups -OCH3 is 1. The molecule has 8 nitrogen and oxygen atoms in total. The number of amides is 2. The Kier molecular flexibility index (Phi) is 3.72. The second kappa shape index (κ2) is 5.04. The molecule has 1 saturated heterocycles. The van der Waals surface area contributed by atoms with Gasteiger partial charge >= 0.3 is 6.03 Å². The van der Waals surface area contributed by atoms with Gasteiger partial charge in [-0.25, -0.2) is 9.69 Å². The highest BCUT2D eigenvalue weighted by Crippen LogP contribution is 2.30. The van der Waals surface area contributed by atoms with E-state index in [1.54, 1.807) is 20.9 Å². The van der Waals surface area contributed by atoms with Gasteiger partial charge in [-0.05, 0) is 13.8 Å². The van der Waals surface area contributed by atoms with Crippen LogP contribution in [0.25, 0.3) is 0 Å². The number of ether oxygens (including phenoxy) is 1. The van der Waals surface area contributed by atoms with Crippen LogP contribution in [0, 0.1) is 0 Å². The Hall–Kier alpha value is -1.64. The summed E-state index contributed by atoms with van der Waals surface area (Å²) in [7, 11) is 3.07. The summed E-state index contributed by atoms with van der Waals surface area (Å²) in [4.78, 5) is 14.6. The van der Waals surface area contributed by atoms with Gasteiger partial charge < -0.3 is 24.4 Å². The summed E-state index contributed by atoms with van der Waals surface area (Å²) in [5, 5.41) is 23.8. The van der Waals surface area contributed by atoms with Gasteiger partial charge in [-0.2, -0.15) is 0 Å². The standard InChI is InChI=1S/C12H19N3O5/c1-12(2,18)8-5-9(13-20-8)15-10(16)7(6-19-4)14(3)11(15)17/h5,7,10,16,18H,6H2,1-4H3. The molecule has 2 N–H and O–H groups in total. The third-order valence-corrected chi connectivity index (χ3v) is 3.30. The Balaban J connectivity index is 2.28. The minimum absolute atomic E-state index is 0.157. The first-order valence-electron chi connectivity index (χ1n) is 6.20. The molecule has 2 unspecified atom stereocenters. The molecule has 8 heteroatoms. The van der Waals surface area contributed by atoms with E-state index in [-0.39, 0.29) is 18.2 Å². The van der Waals surface area contributed by atoms with Crippen molar-refractivity contribution in [2.24, 2.45) is 0 Å². The van der Waals surface area contributed by atoms with Crippen molar-refractivity contribution >= 4 is 11.8 Å². The number of hydrogen-bond acceptors (Lipinski definition) is 6. The Morgan fingerprint density at radius 2 is 2.20 bits per heavy atom. The molecule has 0 spiro atoms. The van der Waals surface area contributed by atoms with Gasteiger partial charge in [0.25, 0.3) is 0 Å². The molecule has 0 aromatic carbocycles. The minimum atomic E-state index is -1.21. The third kappa shape index (κ3) is 2.37. The SMILES string of the molecule is COCC1C(O)N(c2cc(C(C)(C)O)on2)C(=O)N1C. The quantitative estimate of drug-likeness (QED) is 0.814. The lowest BCUT2D eigenvalue weighted by Gasteiger charge is -2.19. The van der Waals surface area contributed by atoms with E-state index in [1.165, 1.54) is 18.1 Å². The summed E-state index contributed by atoms with van der Waals surface area (Å²) in [6.45, 7) is 3.29. The van der Waals surface area contributed by atoms with Gasteiger partial charge in [0.05, 0.1) is 6.61 Å². The number of aliphatic hydroxyl groups excluding tert-OH is 1. The Labute approximate surface area is 116 Å². The van der Waals surface area contributed by atoms with Gasteiger partial charge in [-0.1, -0.05) is 5.16 Å². The minimum Gasteiger partial charge on any atom is -0.382 e. The number of hydrogen-bond donors (Lipinski definition) is 2. The van der Waals surface area contributed by atoms with Crippen LogP contribution in [-0.4, -0.2) is 59.3 Å². The summed E-state index contributed by atoms with van der Waals surface area (Å²) >= 11 is 0. The number of carbonyl (C=O) groups excluding carboxylic acids is 1. The molecule has 2 amide bonds. The highest BCUT2D eigenvalue weighted by atomic mass is 16.5. The molecule has 0 saturated carbocycles.